The van der Waals surface area contributed by atoms with Crippen molar-refractivity contribution in [2.45, 2.75) is 5.92 Å². The van der Waals surface area contributed by atoms with Gasteiger partial charge in [0.1, 0.15) is 5.92 Å². The molecule has 0 fully saturated rings. The third kappa shape index (κ3) is 2.55. The van der Waals surface area contributed by atoms with Crippen LogP contribution in [0.3, 0.4) is 0 Å². The number of nitriles is 1. The number of nitrogens with zero attached hydrogens (tertiary/aromatic N) is 3. The molecule has 0 aliphatic carbocycles. The first-order chi connectivity index (χ1) is 8.22. The minimum atomic E-state index is -0.488. The van der Waals surface area contributed by atoms with Gasteiger partial charge in [-0.3, -0.25) is 9.97 Å². The molecule has 2 aromatic rings. The molecule has 2 rings (SSSR count). The van der Waals surface area contributed by atoms with E-state index >= 15 is 0 Å². The summed E-state index contributed by atoms with van der Waals surface area (Å²) < 4.78 is 0. The number of rotatable bonds is 2. The second-order valence-electron chi connectivity index (χ2n) is 3.37. The highest BCUT2D eigenvalue weighted by Crippen LogP contribution is 2.28. The van der Waals surface area contributed by atoms with Crippen LogP contribution in [0.25, 0.3) is 0 Å². The van der Waals surface area contributed by atoms with Crippen LogP contribution in [0.4, 0.5) is 0 Å². The average Bonchev–Trinajstić information content (AvgIpc) is 2.36. The number of benzene rings is 1. The predicted octanol–water partition coefficient (Wildman–Crippen LogP) is 3.44. The minimum absolute atomic E-state index is 0.424. The second kappa shape index (κ2) is 5.13. The zero-order valence-corrected chi connectivity index (χ0v) is 10.2. The van der Waals surface area contributed by atoms with E-state index in [0.29, 0.717) is 15.7 Å². The van der Waals surface area contributed by atoms with Gasteiger partial charge in [0.2, 0.25) is 0 Å². The molecule has 0 saturated heterocycles. The van der Waals surface area contributed by atoms with Crippen molar-refractivity contribution in [2.75, 3.05) is 0 Å². The lowest BCUT2D eigenvalue weighted by molar-refractivity contribution is 0.942. The number of halogens is 2. The Morgan fingerprint density at radius 1 is 1.18 bits per heavy atom. The van der Waals surface area contributed by atoms with Crippen molar-refractivity contribution in [3.05, 3.63) is 58.1 Å². The van der Waals surface area contributed by atoms with E-state index in [1.165, 1.54) is 0 Å². The summed E-state index contributed by atoms with van der Waals surface area (Å²) in [6, 6.07) is 7.28. The lowest BCUT2D eigenvalue weighted by atomic mass is 9.98. The molecule has 17 heavy (non-hydrogen) atoms. The molecule has 3 nitrogen and oxygen atoms in total. The van der Waals surface area contributed by atoms with E-state index in [1.807, 2.05) is 0 Å². The summed E-state index contributed by atoms with van der Waals surface area (Å²) >= 11 is 11.8. The monoisotopic (exact) mass is 263 g/mol. The molecule has 0 unspecified atom stereocenters. The van der Waals surface area contributed by atoms with Gasteiger partial charge in [0, 0.05) is 12.4 Å². The highest BCUT2D eigenvalue weighted by molar-refractivity contribution is 6.42. The van der Waals surface area contributed by atoms with Crippen LogP contribution >= 0.6 is 23.2 Å². The smallest absolute Gasteiger partial charge is 0.115 e. The van der Waals surface area contributed by atoms with Gasteiger partial charge >= 0.3 is 0 Å². The van der Waals surface area contributed by atoms with Gasteiger partial charge in [0.05, 0.1) is 28.0 Å². The Morgan fingerprint density at radius 2 is 2.00 bits per heavy atom. The molecular weight excluding hydrogens is 257 g/mol. The van der Waals surface area contributed by atoms with Crippen molar-refractivity contribution in [1.29, 1.82) is 5.26 Å². The molecule has 0 saturated carbocycles. The summed E-state index contributed by atoms with van der Waals surface area (Å²) in [4.78, 5) is 8.06. The van der Waals surface area contributed by atoms with Crippen LogP contribution in [0.2, 0.25) is 10.0 Å². The summed E-state index contributed by atoms with van der Waals surface area (Å²) in [5.74, 6) is -0.488. The Bertz CT molecular complexity index is 564. The lowest BCUT2D eigenvalue weighted by Gasteiger charge is -2.09. The van der Waals surface area contributed by atoms with E-state index in [1.54, 1.807) is 36.8 Å². The van der Waals surface area contributed by atoms with Crippen molar-refractivity contribution in [3.8, 4) is 6.07 Å². The van der Waals surface area contributed by atoms with Crippen LogP contribution in [-0.4, -0.2) is 9.97 Å². The van der Waals surface area contributed by atoms with Crippen LogP contribution in [0.1, 0.15) is 17.2 Å². The molecule has 5 heteroatoms. The Kier molecular flexibility index (Phi) is 3.58. The highest BCUT2D eigenvalue weighted by Gasteiger charge is 2.15. The first kappa shape index (κ1) is 11.8. The third-order valence-electron chi connectivity index (χ3n) is 2.29. The summed E-state index contributed by atoms with van der Waals surface area (Å²) in [5.41, 5.74) is 1.34. The van der Waals surface area contributed by atoms with Gasteiger partial charge in [-0.25, -0.2) is 0 Å². The minimum Gasteiger partial charge on any atom is -0.261 e. The zero-order valence-electron chi connectivity index (χ0n) is 8.64. The molecule has 1 heterocycles. The molecule has 1 atom stereocenters. The molecule has 1 aromatic carbocycles. The van der Waals surface area contributed by atoms with Crippen LogP contribution in [-0.2, 0) is 0 Å². The third-order valence-corrected chi connectivity index (χ3v) is 3.02. The zero-order chi connectivity index (χ0) is 12.3. The van der Waals surface area contributed by atoms with E-state index in [4.69, 9.17) is 23.2 Å². The fourth-order valence-corrected chi connectivity index (χ4v) is 1.77. The molecule has 0 spiro atoms. The summed E-state index contributed by atoms with van der Waals surface area (Å²) in [7, 11) is 0. The van der Waals surface area contributed by atoms with Gasteiger partial charge in [0.15, 0.2) is 0 Å². The van der Waals surface area contributed by atoms with Crippen molar-refractivity contribution < 1.29 is 0 Å². The Morgan fingerprint density at radius 3 is 2.59 bits per heavy atom. The predicted molar refractivity (Wildman–Crippen MR) is 66.0 cm³/mol. The maximum absolute atomic E-state index is 9.20. The molecule has 84 valence electrons. The summed E-state index contributed by atoms with van der Waals surface area (Å²) in [6.45, 7) is 0. The second-order valence-corrected chi connectivity index (χ2v) is 4.18. The van der Waals surface area contributed by atoms with Gasteiger partial charge in [-0.1, -0.05) is 29.3 Å². The summed E-state index contributed by atoms with van der Waals surface area (Å²) in [5, 5.41) is 10.1. The van der Waals surface area contributed by atoms with Crippen molar-refractivity contribution >= 4 is 23.2 Å². The first-order valence-corrected chi connectivity index (χ1v) is 5.58. The van der Waals surface area contributed by atoms with Crippen molar-refractivity contribution in [3.63, 3.8) is 0 Å². The topological polar surface area (TPSA) is 49.6 Å². The van der Waals surface area contributed by atoms with Gasteiger partial charge in [-0.15, -0.1) is 0 Å². The molecule has 1 aromatic heterocycles. The van der Waals surface area contributed by atoms with Crippen LogP contribution in [0.15, 0.2) is 36.8 Å². The van der Waals surface area contributed by atoms with Gasteiger partial charge in [-0.2, -0.15) is 5.26 Å². The normalized spacial score (nSPS) is 11.8. The molecule has 0 amide bonds. The van der Waals surface area contributed by atoms with Crippen LogP contribution in [0, 0.1) is 11.3 Å². The fraction of sp³-hybridized carbons (Fsp3) is 0.0833. The fourth-order valence-electron chi connectivity index (χ4n) is 1.46. The summed E-state index contributed by atoms with van der Waals surface area (Å²) in [6.07, 6.45) is 4.68. The quantitative estimate of drug-likeness (QED) is 0.834. The molecule has 0 N–H and O–H groups in total. The van der Waals surface area contributed by atoms with Crippen LogP contribution in [0.5, 0.6) is 0 Å². The van der Waals surface area contributed by atoms with Gasteiger partial charge < -0.3 is 0 Å². The number of hydrogen-bond donors (Lipinski definition) is 0. The highest BCUT2D eigenvalue weighted by atomic mass is 35.5. The van der Waals surface area contributed by atoms with Crippen molar-refractivity contribution in [2.24, 2.45) is 0 Å². The molecular formula is C12H7Cl2N3. The van der Waals surface area contributed by atoms with Crippen molar-refractivity contribution in [1.82, 2.24) is 9.97 Å². The van der Waals surface area contributed by atoms with E-state index < -0.39 is 5.92 Å². The first-order valence-electron chi connectivity index (χ1n) is 4.83. The van der Waals surface area contributed by atoms with Gasteiger partial charge in [-0.05, 0) is 17.7 Å². The molecule has 0 aliphatic heterocycles. The molecule has 0 bridgehead atoms. The Labute approximate surface area is 109 Å². The largest absolute Gasteiger partial charge is 0.261 e. The number of hydrogen-bond acceptors (Lipinski definition) is 3. The molecule has 0 aliphatic rings. The Hall–Kier alpha value is -1.63. The maximum atomic E-state index is 9.20. The van der Waals surface area contributed by atoms with E-state index in [9.17, 15) is 5.26 Å². The van der Waals surface area contributed by atoms with Gasteiger partial charge in [0.25, 0.3) is 0 Å². The standard InChI is InChI=1S/C12H7Cl2N3/c13-10-2-1-8(5-11(10)14)9(6-15)12-7-16-3-4-17-12/h1-5,7,9H/t9-/m1/s1. The Balaban J connectivity index is 2.44. The maximum Gasteiger partial charge on any atom is 0.115 e. The van der Waals surface area contributed by atoms with Crippen LogP contribution < -0.4 is 0 Å². The SMILES string of the molecule is N#C[C@H](c1ccc(Cl)c(Cl)c1)c1cnccn1. The number of aromatic nitrogens is 2. The average molecular weight is 264 g/mol. The van der Waals surface area contributed by atoms with E-state index in [2.05, 4.69) is 16.0 Å². The van der Waals surface area contributed by atoms with E-state index in [0.717, 1.165) is 5.56 Å². The van der Waals surface area contributed by atoms with E-state index in [-0.39, 0.29) is 0 Å². The lowest BCUT2D eigenvalue weighted by Crippen LogP contribution is -2.01. The molecule has 0 radical (unpaired) electrons.